The zero-order valence-corrected chi connectivity index (χ0v) is 23.1. The molecule has 1 unspecified atom stereocenters. The second kappa shape index (κ2) is 9.79. The van der Waals surface area contributed by atoms with Crippen LogP contribution in [0.4, 0.5) is 3.89 Å². The highest BCUT2D eigenvalue weighted by Gasteiger charge is 2.38. The van der Waals surface area contributed by atoms with Gasteiger partial charge in [0.1, 0.15) is 7.05 Å². The molecule has 8 nitrogen and oxygen atoms in total. The largest absolute Gasteiger partial charge is 0.722 e. The quantitative estimate of drug-likeness (QED) is 0.209. The average molecular weight is 570 g/mol. The zero-order valence-electron chi connectivity index (χ0n) is 20.7. The highest BCUT2D eigenvalue weighted by molar-refractivity contribution is 8.17. The Morgan fingerprint density at radius 2 is 1.57 bits per heavy atom. The van der Waals surface area contributed by atoms with E-state index in [1.54, 1.807) is 13.0 Å². The number of hydrogen-bond donors (Lipinski definition) is 1. The molecule has 1 N–H and O–H groups in total. The number of allylic oxidation sites excluding steroid dienone is 3. The SMILES string of the molecule is CC1=CC(S(=O)(=O)Cl)=C(C)CC1(C)c1cccc2c1c(C(=O)O)c1c(C)cccc1[n+]2C.O=S(=O)([O-])F. The molecule has 1 aromatic heterocycles. The number of aryl methyl sites for hydroxylation is 2. The topological polar surface area (TPSA) is 133 Å². The van der Waals surface area contributed by atoms with Crippen molar-refractivity contribution in [2.45, 2.75) is 39.5 Å². The number of hydrogen-bond acceptors (Lipinski definition) is 6. The molecule has 198 valence electrons. The minimum Gasteiger partial charge on any atom is -0.722 e. The van der Waals surface area contributed by atoms with Gasteiger partial charge in [-0.25, -0.2) is 21.6 Å². The molecule has 0 aliphatic heterocycles. The molecular weight excluding hydrogens is 545 g/mol. The maximum Gasteiger partial charge on any atom is 0.337 e. The van der Waals surface area contributed by atoms with E-state index in [-0.39, 0.29) is 10.5 Å². The van der Waals surface area contributed by atoms with Crippen LogP contribution < -0.4 is 4.57 Å². The summed E-state index contributed by atoms with van der Waals surface area (Å²) in [6.45, 7) is 7.59. The molecule has 12 heteroatoms. The van der Waals surface area contributed by atoms with Crippen molar-refractivity contribution < 1.29 is 39.7 Å². The zero-order chi connectivity index (χ0) is 28.1. The van der Waals surface area contributed by atoms with Crippen LogP contribution in [0.5, 0.6) is 0 Å². The molecule has 0 fully saturated rings. The third kappa shape index (κ3) is 5.54. The van der Waals surface area contributed by atoms with Gasteiger partial charge in [0.2, 0.25) is 11.0 Å². The minimum atomic E-state index is -5.42. The summed E-state index contributed by atoms with van der Waals surface area (Å²) in [5, 5.41) is 11.7. The summed E-state index contributed by atoms with van der Waals surface area (Å²) in [7, 11) is -1.68. The summed E-state index contributed by atoms with van der Waals surface area (Å²) in [5.74, 6) is -0.986. The summed E-state index contributed by atoms with van der Waals surface area (Å²) >= 11 is 0. The van der Waals surface area contributed by atoms with E-state index >= 15 is 0 Å². The van der Waals surface area contributed by atoms with E-state index in [0.717, 1.165) is 27.7 Å². The minimum absolute atomic E-state index is 0.125. The summed E-state index contributed by atoms with van der Waals surface area (Å²) in [6.07, 6.45) is 2.04. The fourth-order valence-electron chi connectivity index (χ4n) is 5.09. The summed E-state index contributed by atoms with van der Waals surface area (Å²) in [5.41, 5.74) is 4.55. The van der Waals surface area contributed by atoms with Crippen LogP contribution in [-0.2, 0) is 32.0 Å². The molecule has 1 aliphatic carbocycles. The number of carboxylic acid groups (broad SMARTS) is 1. The fourth-order valence-corrected chi connectivity index (χ4v) is 6.42. The van der Waals surface area contributed by atoms with Crippen molar-refractivity contribution in [3.63, 3.8) is 0 Å². The Balaban J connectivity index is 0.000000695. The summed E-state index contributed by atoms with van der Waals surface area (Å²) < 4.78 is 61.5. The first kappa shape index (κ1) is 28.7. The Morgan fingerprint density at radius 1 is 1.05 bits per heavy atom. The van der Waals surface area contributed by atoms with Crippen molar-refractivity contribution in [1.29, 1.82) is 0 Å². The Bertz CT molecular complexity index is 1740. The van der Waals surface area contributed by atoms with E-state index in [2.05, 4.69) is 0 Å². The molecule has 1 aliphatic rings. The monoisotopic (exact) mass is 569 g/mol. The van der Waals surface area contributed by atoms with Crippen LogP contribution in [0.2, 0.25) is 0 Å². The molecule has 1 heterocycles. The lowest BCUT2D eigenvalue weighted by Crippen LogP contribution is -2.34. The van der Waals surface area contributed by atoms with Gasteiger partial charge in [-0.1, -0.05) is 42.3 Å². The van der Waals surface area contributed by atoms with E-state index in [1.165, 1.54) is 0 Å². The maximum atomic E-state index is 12.6. The lowest BCUT2D eigenvalue weighted by Gasteiger charge is -2.36. The average Bonchev–Trinajstić information content (AvgIpc) is 2.74. The maximum absolute atomic E-state index is 12.6. The van der Waals surface area contributed by atoms with Gasteiger partial charge < -0.3 is 9.66 Å². The molecule has 2 aromatic carbocycles. The first-order valence-corrected chi connectivity index (χ1v) is 14.6. The second-order valence-corrected chi connectivity index (χ2v) is 12.5. The molecule has 0 saturated carbocycles. The molecule has 3 aromatic rings. The molecule has 0 radical (unpaired) electrons. The van der Waals surface area contributed by atoms with E-state index in [0.29, 0.717) is 22.8 Å². The van der Waals surface area contributed by atoms with Crippen molar-refractivity contribution in [3.8, 4) is 0 Å². The Hall–Kier alpha value is -2.86. The number of nitrogens with zero attached hydrogens (tertiary/aromatic N) is 1. The van der Waals surface area contributed by atoms with Gasteiger partial charge in [0.15, 0.2) is 0 Å². The summed E-state index contributed by atoms with van der Waals surface area (Å²) in [6, 6.07) is 11.6. The number of carbonyl (C=O) groups is 1. The fraction of sp³-hybridized carbons (Fsp3) is 0.280. The van der Waals surface area contributed by atoms with E-state index in [9.17, 15) is 22.2 Å². The van der Waals surface area contributed by atoms with E-state index in [1.807, 2.05) is 68.8 Å². The highest BCUT2D eigenvalue weighted by Crippen LogP contribution is 2.47. The van der Waals surface area contributed by atoms with Gasteiger partial charge in [-0.05, 0) is 44.4 Å². The lowest BCUT2D eigenvalue weighted by atomic mass is 9.68. The first-order chi connectivity index (χ1) is 16.9. The van der Waals surface area contributed by atoms with Crippen LogP contribution >= 0.6 is 10.7 Å². The number of carboxylic acids is 1. The van der Waals surface area contributed by atoms with Crippen molar-refractivity contribution in [2.75, 3.05) is 0 Å². The van der Waals surface area contributed by atoms with Crippen molar-refractivity contribution in [2.24, 2.45) is 7.05 Å². The Kier molecular flexibility index (Phi) is 7.59. The van der Waals surface area contributed by atoms with Crippen LogP contribution in [0.1, 0.15) is 48.7 Å². The van der Waals surface area contributed by atoms with Crippen LogP contribution in [0.15, 0.2) is 58.5 Å². The molecule has 0 amide bonds. The molecule has 0 saturated heterocycles. The second-order valence-electron chi connectivity index (χ2n) is 9.22. The van der Waals surface area contributed by atoms with E-state index < -0.39 is 30.9 Å². The summed E-state index contributed by atoms with van der Waals surface area (Å²) in [4.78, 5) is 12.8. The smallest absolute Gasteiger partial charge is 0.337 e. The number of rotatable bonds is 3. The van der Waals surface area contributed by atoms with Gasteiger partial charge in [0.05, 0.1) is 21.2 Å². The third-order valence-electron chi connectivity index (χ3n) is 6.84. The number of aromatic carboxylic acids is 1. The first-order valence-electron chi connectivity index (χ1n) is 10.9. The van der Waals surface area contributed by atoms with Gasteiger partial charge in [-0.15, -0.1) is 3.89 Å². The molecule has 0 spiro atoms. The predicted molar refractivity (Wildman–Crippen MR) is 138 cm³/mol. The van der Waals surface area contributed by atoms with Gasteiger partial charge in [-0.3, -0.25) is 0 Å². The number of benzene rings is 2. The standard InChI is InChI=1S/C25H24ClNO4S.FHO3S/c1-14-8-6-10-18-21(14)23(24(28)29)22-17(9-7-11-19(22)27(18)5)25(4)13-15(2)20(12-16(25)3)32(26,30)31;1-5(2,3)4/h6-12H,13H2,1-5H3;(H,2,3,4). The van der Waals surface area contributed by atoms with Crippen LogP contribution in [0.25, 0.3) is 21.8 Å². The molecule has 0 bridgehead atoms. The Morgan fingerprint density at radius 3 is 2.08 bits per heavy atom. The number of pyridine rings is 1. The van der Waals surface area contributed by atoms with Gasteiger partial charge >= 0.3 is 5.97 Å². The molecule has 37 heavy (non-hydrogen) atoms. The van der Waals surface area contributed by atoms with Gasteiger partial charge in [0, 0.05) is 28.2 Å². The van der Waals surface area contributed by atoms with Gasteiger partial charge in [0.25, 0.3) is 19.6 Å². The molecular formula is C25H25ClFNO7S2. The lowest BCUT2D eigenvalue weighted by molar-refractivity contribution is -0.617. The van der Waals surface area contributed by atoms with Crippen molar-refractivity contribution in [3.05, 3.63) is 75.2 Å². The normalized spacial score (nSPS) is 18.4. The number of aromatic nitrogens is 1. The van der Waals surface area contributed by atoms with Crippen LogP contribution in [-0.4, -0.2) is 32.5 Å². The molecule has 4 rings (SSSR count). The highest BCUT2D eigenvalue weighted by atomic mass is 35.7. The van der Waals surface area contributed by atoms with Gasteiger partial charge in [-0.2, -0.15) is 4.57 Å². The van der Waals surface area contributed by atoms with Crippen LogP contribution in [0.3, 0.4) is 0 Å². The third-order valence-corrected chi connectivity index (χ3v) is 8.33. The molecule has 1 atom stereocenters. The van der Waals surface area contributed by atoms with E-state index in [4.69, 9.17) is 23.7 Å². The van der Waals surface area contributed by atoms with Crippen molar-refractivity contribution >= 4 is 58.0 Å². The number of fused-ring (bicyclic) bond motifs is 2. The predicted octanol–water partition coefficient (Wildman–Crippen LogP) is 4.69. The van der Waals surface area contributed by atoms with Crippen LogP contribution in [0, 0.1) is 6.92 Å². The van der Waals surface area contributed by atoms with Crippen molar-refractivity contribution in [1.82, 2.24) is 0 Å². The Labute approximate surface area is 219 Å². The number of halogens is 2.